The van der Waals surface area contributed by atoms with E-state index in [4.69, 9.17) is 14.2 Å². The van der Waals surface area contributed by atoms with Crippen molar-refractivity contribution in [2.24, 2.45) is 0 Å². The number of rotatable bonds is 12. The molecule has 35 heavy (non-hydrogen) atoms. The molecular formula is C27H32N2O6. The number of fused-ring (bicyclic) bond motifs is 1. The van der Waals surface area contributed by atoms with E-state index < -0.39 is 17.5 Å². The van der Waals surface area contributed by atoms with E-state index in [2.05, 4.69) is 18.1 Å². The summed E-state index contributed by atoms with van der Waals surface area (Å²) in [6, 6.07) is 5.31. The van der Waals surface area contributed by atoms with Crippen LogP contribution in [-0.2, 0) is 25.6 Å². The number of hydrogen-bond donors (Lipinski definition) is 0. The summed E-state index contributed by atoms with van der Waals surface area (Å²) in [5, 5.41) is 0.494. The lowest BCUT2D eigenvalue weighted by atomic mass is 10.0. The van der Waals surface area contributed by atoms with E-state index >= 15 is 0 Å². The summed E-state index contributed by atoms with van der Waals surface area (Å²) in [4.78, 5) is 39.4. The molecule has 8 nitrogen and oxygen atoms in total. The van der Waals surface area contributed by atoms with Gasteiger partial charge in [0.2, 0.25) is 5.78 Å². The Morgan fingerprint density at radius 3 is 2.57 bits per heavy atom. The molecule has 0 atom stereocenters. The molecule has 3 rings (SSSR count). The molecule has 1 aromatic heterocycles. The van der Waals surface area contributed by atoms with Gasteiger partial charge >= 0.3 is 5.97 Å². The van der Waals surface area contributed by atoms with Crippen LogP contribution in [0.2, 0.25) is 0 Å². The predicted molar refractivity (Wildman–Crippen MR) is 134 cm³/mol. The third-order valence-corrected chi connectivity index (χ3v) is 5.91. The maximum atomic E-state index is 12.9. The van der Waals surface area contributed by atoms with Gasteiger partial charge in [-0.2, -0.15) is 0 Å². The van der Waals surface area contributed by atoms with Crippen molar-refractivity contribution in [3.8, 4) is 5.75 Å². The summed E-state index contributed by atoms with van der Waals surface area (Å²) in [6.45, 7) is 14.6. The fourth-order valence-corrected chi connectivity index (χ4v) is 4.08. The third kappa shape index (κ3) is 6.35. The zero-order valence-corrected chi connectivity index (χ0v) is 20.4. The molecule has 0 aliphatic carbocycles. The largest absolute Gasteiger partial charge is 0.481 e. The van der Waals surface area contributed by atoms with E-state index in [0.29, 0.717) is 48.6 Å². The Morgan fingerprint density at radius 2 is 1.91 bits per heavy atom. The van der Waals surface area contributed by atoms with Crippen molar-refractivity contribution >= 4 is 28.4 Å². The van der Waals surface area contributed by atoms with E-state index in [0.717, 1.165) is 18.7 Å². The molecule has 1 aliphatic heterocycles. The zero-order valence-electron chi connectivity index (χ0n) is 20.4. The SMILES string of the molecule is C=C/C=C(\C=C)Cn1c(C)c(C(=O)C(C)=O)c2c(OCC(=O)OCCN3CCOCC3)cccc21. The van der Waals surface area contributed by atoms with Crippen molar-refractivity contribution in [1.82, 2.24) is 9.47 Å². The minimum atomic E-state index is -0.608. The lowest BCUT2D eigenvalue weighted by molar-refractivity contribution is -0.146. The monoisotopic (exact) mass is 480 g/mol. The molecule has 0 amide bonds. The van der Waals surface area contributed by atoms with Gasteiger partial charge in [-0.3, -0.25) is 14.5 Å². The molecule has 0 unspecified atom stereocenters. The highest BCUT2D eigenvalue weighted by Crippen LogP contribution is 2.35. The minimum absolute atomic E-state index is 0.260. The number of carbonyl (C=O) groups is 3. The summed E-state index contributed by atoms with van der Waals surface area (Å²) in [5.41, 5.74) is 2.49. The fraction of sp³-hybridized carbons (Fsp3) is 0.370. The molecule has 0 bridgehead atoms. The Kier molecular flexibility index (Phi) is 9.17. The van der Waals surface area contributed by atoms with Crippen LogP contribution in [0.1, 0.15) is 23.0 Å². The summed E-state index contributed by atoms with van der Waals surface area (Å²) in [6.07, 6.45) is 5.21. The Morgan fingerprint density at radius 1 is 1.17 bits per heavy atom. The number of Topliss-reactive ketones (excluding diaryl/α,β-unsaturated/α-hetero) is 2. The molecule has 1 aliphatic rings. The molecule has 8 heteroatoms. The highest BCUT2D eigenvalue weighted by Gasteiger charge is 2.26. The quantitative estimate of drug-likeness (QED) is 0.199. The standard InChI is InChI=1S/C27H32N2O6/c1-5-8-21(6-2)17-29-19(3)25(27(32)20(4)30)26-22(29)9-7-10-23(26)35-18-24(31)34-16-13-28-11-14-33-15-12-28/h5-10H,1-2,11-18H2,3-4H3/b21-8+. The Labute approximate surface area is 205 Å². The van der Waals surface area contributed by atoms with E-state index in [1.54, 1.807) is 31.2 Å². The molecule has 2 heterocycles. The van der Waals surface area contributed by atoms with Gasteiger partial charge in [0.1, 0.15) is 12.4 Å². The molecule has 0 radical (unpaired) electrons. The topological polar surface area (TPSA) is 87.1 Å². The molecule has 1 saturated heterocycles. The first kappa shape index (κ1) is 26.1. The molecule has 1 fully saturated rings. The van der Waals surface area contributed by atoms with Crippen molar-refractivity contribution in [1.29, 1.82) is 0 Å². The smallest absolute Gasteiger partial charge is 0.344 e. The summed E-state index contributed by atoms with van der Waals surface area (Å²) in [5.74, 6) is -1.35. The molecule has 2 aromatic rings. The van der Waals surface area contributed by atoms with E-state index in [1.807, 2.05) is 16.7 Å². The van der Waals surface area contributed by atoms with Gasteiger partial charge in [-0.25, -0.2) is 4.79 Å². The van der Waals surface area contributed by atoms with Crippen LogP contribution in [-0.4, -0.2) is 73.1 Å². The average Bonchev–Trinajstić information content (AvgIpc) is 3.14. The lowest BCUT2D eigenvalue weighted by Gasteiger charge is -2.26. The maximum Gasteiger partial charge on any atom is 0.344 e. The van der Waals surface area contributed by atoms with E-state index in [1.165, 1.54) is 6.92 Å². The second kappa shape index (κ2) is 12.3. The summed E-state index contributed by atoms with van der Waals surface area (Å²) in [7, 11) is 0. The van der Waals surface area contributed by atoms with Crippen LogP contribution >= 0.6 is 0 Å². The minimum Gasteiger partial charge on any atom is -0.481 e. The molecule has 0 N–H and O–H groups in total. The number of carbonyl (C=O) groups excluding carboxylic acids is 3. The maximum absolute atomic E-state index is 12.9. The second-order valence-electron chi connectivity index (χ2n) is 8.23. The first-order chi connectivity index (χ1) is 16.9. The molecule has 1 aromatic carbocycles. The van der Waals surface area contributed by atoms with Gasteiger partial charge < -0.3 is 18.8 Å². The van der Waals surface area contributed by atoms with Crippen LogP contribution in [0.5, 0.6) is 5.75 Å². The Balaban J connectivity index is 1.83. The van der Waals surface area contributed by atoms with Crippen molar-refractivity contribution in [3.63, 3.8) is 0 Å². The summed E-state index contributed by atoms with van der Waals surface area (Å²) < 4.78 is 18.4. The summed E-state index contributed by atoms with van der Waals surface area (Å²) >= 11 is 0. The van der Waals surface area contributed by atoms with Gasteiger partial charge in [-0.1, -0.05) is 37.5 Å². The average molecular weight is 481 g/mol. The highest BCUT2D eigenvalue weighted by atomic mass is 16.6. The van der Waals surface area contributed by atoms with E-state index in [9.17, 15) is 14.4 Å². The number of hydrogen-bond acceptors (Lipinski definition) is 7. The molecule has 0 spiro atoms. The van der Waals surface area contributed by atoms with Gasteiger partial charge in [0, 0.05) is 38.8 Å². The van der Waals surface area contributed by atoms with Crippen LogP contribution < -0.4 is 4.74 Å². The second-order valence-corrected chi connectivity index (χ2v) is 8.23. The zero-order chi connectivity index (χ0) is 25.4. The molecule has 0 saturated carbocycles. The highest BCUT2D eigenvalue weighted by molar-refractivity contribution is 6.45. The first-order valence-electron chi connectivity index (χ1n) is 11.6. The van der Waals surface area contributed by atoms with Crippen LogP contribution in [0, 0.1) is 6.92 Å². The number of esters is 1. The number of allylic oxidation sites excluding steroid dienone is 4. The van der Waals surface area contributed by atoms with Gasteiger partial charge in [0.25, 0.3) is 0 Å². The van der Waals surface area contributed by atoms with Gasteiger partial charge in [-0.15, -0.1) is 0 Å². The number of benzene rings is 1. The fourth-order valence-electron chi connectivity index (χ4n) is 4.08. The van der Waals surface area contributed by atoms with Crippen molar-refractivity contribution in [2.45, 2.75) is 20.4 Å². The van der Waals surface area contributed by atoms with Gasteiger partial charge in [0.05, 0.1) is 29.7 Å². The van der Waals surface area contributed by atoms with Crippen molar-refractivity contribution < 1.29 is 28.6 Å². The van der Waals surface area contributed by atoms with Crippen molar-refractivity contribution in [3.05, 3.63) is 66.4 Å². The molecule has 186 valence electrons. The van der Waals surface area contributed by atoms with E-state index in [-0.39, 0.29) is 18.8 Å². The van der Waals surface area contributed by atoms with Crippen LogP contribution in [0.25, 0.3) is 10.9 Å². The number of ketones is 2. The normalized spacial score (nSPS) is 14.5. The third-order valence-electron chi connectivity index (χ3n) is 5.91. The lowest BCUT2D eigenvalue weighted by Crippen LogP contribution is -2.38. The van der Waals surface area contributed by atoms with Gasteiger partial charge in [-0.05, 0) is 24.6 Å². The van der Waals surface area contributed by atoms with Crippen LogP contribution in [0.15, 0.2) is 55.2 Å². The number of aromatic nitrogens is 1. The number of morpholine rings is 1. The van der Waals surface area contributed by atoms with Crippen LogP contribution in [0.3, 0.4) is 0 Å². The van der Waals surface area contributed by atoms with Crippen molar-refractivity contribution in [2.75, 3.05) is 46.1 Å². The molecular weight excluding hydrogens is 448 g/mol. The first-order valence-corrected chi connectivity index (χ1v) is 11.6. The number of ether oxygens (including phenoxy) is 3. The Hall–Kier alpha value is -3.49. The number of nitrogens with zero attached hydrogens (tertiary/aromatic N) is 2. The Bertz CT molecular complexity index is 1150. The van der Waals surface area contributed by atoms with Crippen LogP contribution in [0.4, 0.5) is 0 Å². The predicted octanol–water partition coefficient (Wildman–Crippen LogP) is 3.27. The van der Waals surface area contributed by atoms with Gasteiger partial charge in [0.15, 0.2) is 12.4 Å².